The molecule has 5 nitrogen and oxygen atoms in total. The quantitative estimate of drug-likeness (QED) is 0.642. The van der Waals surface area contributed by atoms with Gasteiger partial charge in [0.2, 0.25) is 0 Å². The SMILES string of the molecule is Cc1ccc(C)c(COC(=O)CCCn2c(=O)oc3ccccc32)c1. The van der Waals surface area contributed by atoms with Gasteiger partial charge in [-0.1, -0.05) is 35.9 Å². The number of benzene rings is 2. The molecule has 130 valence electrons. The second-order valence-corrected chi connectivity index (χ2v) is 6.18. The first kappa shape index (κ1) is 17.0. The Hall–Kier alpha value is -2.82. The van der Waals surface area contributed by atoms with Gasteiger partial charge in [0, 0.05) is 13.0 Å². The maximum absolute atomic E-state index is 12.0. The lowest BCUT2D eigenvalue weighted by atomic mass is 10.1. The van der Waals surface area contributed by atoms with Gasteiger partial charge in [0.1, 0.15) is 6.61 Å². The third kappa shape index (κ3) is 3.99. The van der Waals surface area contributed by atoms with Gasteiger partial charge in [0.25, 0.3) is 0 Å². The molecule has 3 rings (SSSR count). The van der Waals surface area contributed by atoms with Crippen LogP contribution in [0.15, 0.2) is 51.7 Å². The lowest BCUT2D eigenvalue weighted by Gasteiger charge is -2.08. The molecule has 0 aliphatic carbocycles. The van der Waals surface area contributed by atoms with Crippen molar-refractivity contribution in [3.05, 3.63) is 69.7 Å². The zero-order chi connectivity index (χ0) is 17.8. The van der Waals surface area contributed by atoms with Crippen molar-refractivity contribution in [1.29, 1.82) is 0 Å². The van der Waals surface area contributed by atoms with E-state index in [1.807, 2.05) is 50.2 Å². The highest BCUT2D eigenvalue weighted by Gasteiger charge is 2.10. The fourth-order valence-corrected chi connectivity index (χ4v) is 2.79. The number of oxazole rings is 1. The van der Waals surface area contributed by atoms with Crippen LogP contribution in [0.4, 0.5) is 0 Å². The summed E-state index contributed by atoms with van der Waals surface area (Å²) in [5.74, 6) is -0.660. The molecule has 0 spiro atoms. The van der Waals surface area contributed by atoms with E-state index in [0.29, 0.717) is 18.5 Å². The molecule has 0 aliphatic heterocycles. The number of aryl methyl sites for hydroxylation is 3. The highest BCUT2D eigenvalue weighted by atomic mass is 16.5. The van der Waals surface area contributed by atoms with Crippen molar-refractivity contribution >= 4 is 17.1 Å². The molecular weight excluding hydrogens is 318 g/mol. The maximum atomic E-state index is 12.0. The van der Waals surface area contributed by atoms with Crippen molar-refractivity contribution in [2.75, 3.05) is 0 Å². The van der Waals surface area contributed by atoms with Crippen LogP contribution >= 0.6 is 0 Å². The Labute approximate surface area is 145 Å². The Balaban J connectivity index is 1.53. The molecule has 2 aromatic carbocycles. The summed E-state index contributed by atoms with van der Waals surface area (Å²) in [6, 6.07) is 13.3. The van der Waals surface area contributed by atoms with Gasteiger partial charge in [0.15, 0.2) is 5.58 Å². The predicted octanol–water partition coefficient (Wildman–Crippen LogP) is 3.73. The highest BCUT2D eigenvalue weighted by Crippen LogP contribution is 2.14. The van der Waals surface area contributed by atoms with Crippen LogP contribution in [0.3, 0.4) is 0 Å². The van der Waals surface area contributed by atoms with Crippen molar-refractivity contribution in [2.24, 2.45) is 0 Å². The van der Waals surface area contributed by atoms with Crippen LogP contribution in [-0.4, -0.2) is 10.5 Å². The summed E-state index contributed by atoms with van der Waals surface area (Å²) < 4.78 is 12.1. The van der Waals surface area contributed by atoms with E-state index in [1.165, 1.54) is 0 Å². The molecule has 1 aromatic heterocycles. The normalized spacial score (nSPS) is 11.0. The van der Waals surface area contributed by atoms with Crippen LogP contribution in [0, 0.1) is 13.8 Å². The highest BCUT2D eigenvalue weighted by molar-refractivity contribution is 5.72. The summed E-state index contributed by atoms with van der Waals surface area (Å²) in [7, 11) is 0. The lowest BCUT2D eigenvalue weighted by molar-refractivity contribution is -0.145. The number of para-hydroxylation sites is 2. The number of hydrogen-bond acceptors (Lipinski definition) is 4. The molecule has 0 unspecified atom stereocenters. The Morgan fingerprint density at radius 2 is 1.96 bits per heavy atom. The van der Waals surface area contributed by atoms with E-state index in [9.17, 15) is 9.59 Å². The second kappa shape index (κ2) is 7.38. The zero-order valence-corrected chi connectivity index (χ0v) is 14.5. The number of aromatic nitrogens is 1. The molecule has 5 heteroatoms. The molecule has 0 saturated carbocycles. The summed E-state index contributed by atoms with van der Waals surface area (Å²) >= 11 is 0. The molecule has 3 aromatic rings. The number of ether oxygens (including phenoxy) is 1. The summed E-state index contributed by atoms with van der Waals surface area (Å²) in [6.07, 6.45) is 0.784. The van der Waals surface area contributed by atoms with E-state index >= 15 is 0 Å². The number of esters is 1. The largest absolute Gasteiger partial charge is 0.461 e. The van der Waals surface area contributed by atoms with Crippen LogP contribution in [0.25, 0.3) is 11.1 Å². The number of carbonyl (C=O) groups is 1. The van der Waals surface area contributed by atoms with Gasteiger partial charge < -0.3 is 9.15 Å². The minimum atomic E-state index is -0.398. The first-order valence-electron chi connectivity index (χ1n) is 8.35. The van der Waals surface area contributed by atoms with Crippen molar-refractivity contribution < 1.29 is 13.9 Å². The zero-order valence-electron chi connectivity index (χ0n) is 14.5. The monoisotopic (exact) mass is 339 g/mol. The van der Waals surface area contributed by atoms with Gasteiger partial charge in [0.05, 0.1) is 5.52 Å². The standard InChI is InChI=1S/C20H21NO4/c1-14-9-10-15(2)16(12-14)13-24-19(22)8-5-11-21-17-6-3-4-7-18(17)25-20(21)23/h3-4,6-7,9-10,12H,5,8,11,13H2,1-2H3. The van der Waals surface area contributed by atoms with E-state index in [1.54, 1.807) is 10.6 Å². The summed E-state index contributed by atoms with van der Waals surface area (Å²) in [6.45, 7) is 4.71. The van der Waals surface area contributed by atoms with Crippen molar-refractivity contribution in [1.82, 2.24) is 4.57 Å². The molecule has 0 bridgehead atoms. The Kier molecular flexibility index (Phi) is 5.03. The molecule has 0 aliphatic rings. The van der Waals surface area contributed by atoms with Gasteiger partial charge >= 0.3 is 11.7 Å². The Morgan fingerprint density at radius 1 is 1.16 bits per heavy atom. The van der Waals surface area contributed by atoms with Gasteiger partial charge in [-0.25, -0.2) is 4.79 Å². The van der Waals surface area contributed by atoms with Gasteiger partial charge in [-0.3, -0.25) is 9.36 Å². The maximum Gasteiger partial charge on any atom is 0.419 e. The molecular formula is C20H21NO4. The van der Waals surface area contributed by atoms with Crippen LogP contribution < -0.4 is 5.76 Å². The Bertz CT molecular complexity index is 952. The van der Waals surface area contributed by atoms with Crippen molar-refractivity contribution in [2.45, 2.75) is 39.8 Å². The molecule has 0 N–H and O–H groups in total. The van der Waals surface area contributed by atoms with Crippen LogP contribution in [0.2, 0.25) is 0 Å². The topological polar surface area (TPSA) is 61.4 Å². The summed E-state index contributed by atoms with van der Waals surface area (Å²) in [5.41, 5.74) is 4.57. The van der Waals surface area contributed by atoms with Gasteiger partial charge in [-0.2, -0.15) is 0 Å². The molecule has 0 saturated heterocycles. The van der Waals surface area contributed by atoms with Crippen LogP contribution in [0.1, 0.15) is 29.5 Å². The number of fused-ring (bicyclic) bond motifs is 1. The van der Waals surface area contributed by atoms with Gasteiger partial charge in [-0.15, -0.1) is 0 Å². The van der Waals surface area contributed by atoms with E-state index in [2.05, 4.69) is 0 Å². The summed E-state index contributed by atoms with van der Waals surface area (Å²) in [4.78, 5) is 23.8. The van der Waals surface area contributed by atoms with Gasteiger partial charge in [-0.05, 0) is 43.5 Å². The van der Waals surface area contributed by atoms with Crippen molar-refractivity contribution in [3.8, 4) is 0 Å². The van der Waals surface area contributed by atoms with E-state index in [0.717, 1.165) is 22.2 Å². The predicted molar refractivity (Wildman–Crippen MR) is 95.4 cm³/mol. The minimum absolute atomic E-state index is 0.261. The first-order valence-corrected chi connectivity index (χ1v) is 8.35. The third-order valence-corrected chi connectivity index (χ3v) is 4.23. The number of rotatable bonds is 6. The summed E-state index contributed by atoms with van der Waals surface area (Å²) in [5, 5.41) is 0. The van der Waals surface area contributed by atoms with E-state index in [4.69, 9.17) is 9.15 Å². The molecule has 0 radical (unpaired) electrons. The van der Waals surface area contributed by atoms with E-state index in [-0.39, 0.29) is 19.0 Å². The average Bonchev–Trinajstić information content (AvgIpc) is 2.91. The van der Waals surface area contributed by atoms with E-state index < -0.39 is 5.76 Å². The van der Waals surface area contributed by atoms with Crippen molar-refractivity contribution in [3.63, 3.8) is 0 Å². The number of carbonyl (C=O) groups excluding carboxylic acids is 1. The minimum Gasteiger partial charge on any atom is -0.461 e. The number of hydrogen-bond donors (Lipinski definition) is 0. The fraction of sp³-hybridized carbons (Fsp3) is 0.300. The number of nitrogens with zero attached hydrogens (tertiary/aromatic N) is 1. The molecule has 25 heavy (non-hydrogen) atoms. The molecule has 1 heterocycles. The second-order valence-electron chi connectivity index (χ2n) is 6.18. The average molecular weight is 339 g/mol. The fourth-order valence-electron chi connectivity index (χ4n) is 2.79. The van der Waals surface area contributed by atoms with Crippen LogP contribution in [0.5, 0.6) is 0 Å². The Morgan fingerprint density at radius 3 is 2.80 bits per heavy atom. The third-order valence-electron chi connectivity index (χ3n) is 4.23. The van der Waals surface area contributed by atoms with Crippen LogP contribution in [-0.2, 0) is 22.7 Å². The lowest BCUT2D eigenvalue weighted by Crippen LogP contribution is -2.15. The smallest absolute Gasteiger partial charge is 0.419 e. The first-order chi connectivity index (χ1) is 12.0. The molecule has 0 fully saturated rings. The molecule has 0 atom stereocenters. The molecule has 0 amide bonds.